The molecule has 1 heterocycles. The summed E-state index contributed by atoms with van der Waals surface area (Å²) in [6.07, 6.45) is 5.13. The second-order valence-electron chi connectivity index (χ2n) is 10.7. The third kappa shape index (κ3) is 7.14. The monoisotopic (exact) mass is 460 g/mol. The Morgan fingerprint density at radius 2 is 1.82 bits per heavy atom. The summed E-state index contributed by atoms with van der Waals surface area (Å²) < 4.78 is 0. The molecule has 33 heavy (non-hydrogen) atoms. The Kier molecular flexibility index (Phi) is 8.34. The predicted molar refractivity (Wildman–Crippen MR) is 130 cm³/mol. The van der Waals surface area contributed by atoms with Crippen molar-refractivity contribution in [3.63, 3.8) is 0 Å². The van der Waals surface area contributed by atoms with Crippen LogP contribution in [-0.2, 0) is 11.3 Å². The maximum atomic E-state index is 12.3. The lowest BCUT2D eigenvalue weighted by Crippen LogP contribution is -2.41. The topological polar surface area (TPSA) is 108 Å². The van der Waals surface area contributed by atoms with Crippen LogP contribution < -0.4 is 10.6 Å². The largest absolute Gasteiger partial charge is 0.390 e. The van der Waals surface area contributed by atoms with Gasteiger partial charge in [-0.05, 0) is 96.9 Å². The minimum absolute atomic E-state index is 0.0265. The first-order chi connectivity index (χ1) is 15.5. The van der Waals surface area contributed by atoms with E-state index in [0.29, 0.717) is 11.6 Å². The Balaban J connectivity index is 1.60. The van der Waals surface area contributed by atoms with Crippen LogP contribution in [0.4, 0.5) is 11.4 Å². The quantitative estimate of drug-likeness (QED) is 0.399. The summed E-state index contributed by atoms with van der Waals surface area (Å²) in [6, 6.07) is 5.63. The molecule has 184 valence electrons. The van der Waals surface area contributed by atoms with Crippen LogP contribution in [0.25, 0.3) is 0 Å². The van der Waals surface area contributed by atoms with Gasteiger partial charge in [-0.15, -0.1) is 0 Å². The molecule has 1 amide bonds. The van der Waals surface area contributed by atoms with E-state index >= 15 is 0 Å². The van der Waals surface area contributed by atoms with Crippen LogP contribution in [0.2, 0.25) is 0 Å². The molecule has 8 heteroatoms. The van der Waals surface area contributed by atoms with Crippen molar-refractivity contribution in [2.45, 2.75) is 90.4 Å². The fourth-order valence-electron chi connectivity index (χ4n) is 5.13. The number of nitrogens with zero attached hydrogens (tertiary/aromatic N) is 2. The van der Waals surface area contributed by atoms with E-state index in [9.17, 15) is 20.0 Å². The molecule has 8 nitrogen and oxygen atoms in total. The summed E-state index contributed by atoms with van der Waals surface area (Å²) in [5, 5.41) is 28.3. The third-order valence-electron chi connectivity index (χ3n) is 7.14. The molecule has 1 aromatic rings. The molecule has 2 fully saturated rings. The lowest BCUT2D eigenvalue weighted by Gasteiger charge is -2.37. The van der Waals surface area contributed by atoms with Crippen LogP contribution >= 0.6 is 0 Å². The van der Waals surface area contributed by atoms with Gasteiger partial charge < -0.3 is 15.7 Å². The average molecular weight is 461 g/mol. The van der Waals surface area contributed by atoms with Gasteiger partial charge >= 0.3 is 0 Å². The highest BCUT2D eigenvalue weighted by Gasteiger charge is 2.31. The van der Waals surface area contributed by atoms with Crippen molar-refractivity contribution in [3.8, 4) is 0 Å². The van der Waals surface area contributed by atoms with E-state index < -0.39 is 5.60 Å². The number of carbonyl (C=O) groups is 1. The molecule has 1 aliphatic heterocycles. The molecule has 2 aliphatic rings. The van der Waals surface area contributed by atoms with E-state index in [1.54, 1.807) is 6.07 Å². The van der Waals surface area contributed by atoms with Gasteiger partial charge in [0.2, 0.25) is 5.91 Å². The molecule has 0 unspecified atom stereocenters. The zero-order valence-corrected chi connectivity index (χ0v) is 20.5. The van der Waals surface area contributed by atoms with Crippen molar-refractivity contribution in [3.05, 3.63) is 33.9 Å². The second-order valence-corrected chi connectivity index (χ2v) is 10.7. The molecule has 0 bridgehead atoms. The van der Waals surface area contributed by atoms with Crippen LogP contribution in [0.3, 0.4) is 0 Å². The maximum Gasteiger partial charge on any atom is 0.292 e. The molecule has 1 aromatic carbocycles. The van der Waals surface area contributed by atoms with E-state index in [-0.39, 0.29) is 34.5 Å². The van der Waals surface area contributed by atoms with E-state index in [2.05, 4.69) is 15.5 Å². The average Bonchev–Trinajstić information content (AvgIpc) is 2.73. The van der Waals surface area contributed by atoms with Crippen LogP contribution in [0, 0.1) is 22.0 Å². The number of aliphatic hydroxyl groups is 1. The van der Waals surface area contributed by atoms with Gasteiger partial charge in [-0.25, -0.2) is 0 Å². The van der Waals surface area contributed by atoms with Crippen LogP contribution in [-0.4, -0.2) is 51.6 Å². The number of benzene rings is 1. The molecule has 1 saturated carbocycles. The molecule has 0 radical (unpaired) electrons. The summed E-state index contributed by atoms with van der Waals surface area (Å²) in [7, 11) is 0. The van der Waals surface area contributed by atoms with Gasteiger partial charge in [-0.2, -0.15) is 0 Å². The number of hydrogen-bond donors (Lipinski definition) is 3. The molecular weight excluding hydrogens is 420 g/mol. The van der Waals surface area contributed by atoms with Gasteiger partial charge in [0.1, 0.15) is 5.69 Å². The summed E-state index contributed by atoms with van der Waals surface area (Å²) in [5.74, 6) is 0.448. The minimum Gasteiger partial charge on any atom is -0.390 e. The lowest BCUT2D eigenvalue weighted by atomic mass is 9.83. The van der Waals surface area contributed by atoms with Gasteiger partial charge in [0, 0.05) is 30.6 Å². The number of piperidine rings is 1. The van der Waals surface area contributed by atoms with Gasteiger partial charge in [0.15, 0.2) is 0 Å². The molecule has 0 spiro atoms. The zero-order chi connectivity index (χ0) is 24.2. The fraction of sp³-hybridized carbons (Fsp3) is 0.720. The van der Waals surface area contributed by atoms with E-state index in [1.807, 2.05) is 39.8 Å². The number of nitro benzene ring substituents is 1. The highest BCUT2D eigenvalue weighted by molar-refractivity contribution is 5.79. The first-order valence-electron chi connectivity index (χ1n) is 12.3. The van der Waals surface area contributed by atoms with Gasteiger partial charge in [-0.1, -0.05) is 6.07 Å². The number of likely N-dealkylation sites (tertiary alicyclic amines) is 1. The maximum absolute atomic E-state index is 12.3. The second kappa shape index (κ2) is 10.8. The summed E-state index contributed by atoms with van der Waals surface area (Å²) >= 11 is 0. The fourth-order valence-corrected chi connectivity index (χ4v) is 5.13. The number of amides is 1. The third-order valence-corrected chi connectivity index (χ3v) is 7.14. The minimum atomic E-state index is -0.648. The Labute approximate surface area is 197 Å². The predicted octanol–water partition coefficient (Wildman–Crippen LogP) is 4.07. The molecule has 0 atom stereocenters. The molecule has 3 rings (SSSR count). The standard InChI is InChI=1S/C25H40N4O4/c1-17(2)26-24(30)19-6-8-21(9-7-19)27-22-15-18(5-10-23(22)29(32)33)16-28-13-11-20(12-14-28)25(3,4)31/h5,10,15,17,19-21,27,31H,6-9,11-14,16H2,1-4H3,(H,26,30)/t19-,21+. The van der Waals surface area contributed by atoms with Crippen molar-refractivity contribution < 1.29 is 14.8 Å². The van der Waals surface area contributed by atoms with Crippen molar-refractivity contribution in [1.82, 2.24) is 10.2 Å². The van der Waals surface area contributed by atoms with Crippen molar-refractivity contribution in [1.29, 1.82) is 0 Å². The van der Waals surface area contributed by atoms with Crippen LogP contribution in [0.15, 0.2) is 18.2 Å². The first-order valence-corrected chi connectivity index (χ1v) is 12.3. The molecule has 1 aliphatic carbocycles. The Morgan fingerprint density at radius 3 is 2.36 bits per heavy atom. The Morgan fingerprint density at radius 1 is 1.18 bits per heavy atom. The van der Waals surface area contributed by atoms with E-state index in [1.165, 1.54) is 0 Å². The van der Waals surface area contributed by atoms with Gasteiger partial charge in [0.05, 0.1) is 10.5 Å². The molecular formula is C25H40N4O4. The normalized spacial score (nSPS) is 22.8. The SMILES string of the molecule is CC(C)NC(=O)[C@H]1CC[C@@H](Nc2cc(CN3CCC(C(C)(C)O)CC3)ccc2[N+](=O)[O-])CC1. The summed E-state index contributed by atoms with van der Waals surface area (Å²) in [5.41, 5.74) is 1.07. The number of rotatable bonds is 8. The smallest absolute Gasteiger partial charge is 0.292 e. The number of nitrogens with one attached hydrogen (secondary N) is 2. The zero-order valence-electron chi connectivity index (χ0n) is 20.5. The Bertz CT molecular complexity index is 820. The van der Waals surface area contributed by atoms with E-state index in [0.717, 1.165) is 63.7 Å². The first kappa shape index (κ1) is 25.4. The highest BCUT2D eigenvalue weighted by atomic mass is 16.6. The van der Waals surface area contributed by atoms with Crippen LogP contribution in [0.5, 0.6) is 0 Å². The Hall–Kier alpha value is -2.19. The number of nitro groups is 1. The van der Waals surface area contributed by atoms with Crippen molar-refractivity contribution in [2.75, 3.05) is 18.4 Å². The number of anilines is 1. The lowest BCUT2D eigenvalue weighted by molar-refractivity contribution is -0.384. The summed E-state index contributed by atoms with van der Waals surface area (Å²) in [6.45, 7) is 10.3. The molecule has 3 N–H and O–H groups in total. The summed E-state index contributed by atoms with van der Waals surface area (Å²) in [4.78, 5) is 25.9. The number of hydrogen-bond acceptors (Lipinski definition) is 6. The van der Waals surface area contributed by atoms with Crippen molar-refractivity contribution in [2.24, 2.45) is 11.8 Å². The van der Waals surface area contributed by atoms with Crippen LogP contribution in [0.1, 0.15) is 71.8 Å². The van der Waals surface area contributed by atoms with Crippen molar-refractivity contribution >= 4 is 17.3 Å². The van der Waals surface area contributed by atoms with E-state index in [4.69, 9.17) is 0 Å². The number of carbonyl (C=O) groups excluding carboxylic acids is 1. The molecule has 1 saturated heterocycles. The highest BCUT2D eigenvalue weighted by Crippen LogP contribution is 2.33. The molecule has 0 aromatic heterocycles. The van der Waals surface area contributed by atoms with Gasteiger partial charge in [0.25, 0.3) is 5.69 Å². The van der Waals surface area contributed by atoms with Gasteiger partial charge in [-0.3, -0.25) is 19.8 Å².